The zero-order valence-electron chi connectivity index (χ0n) is 30.7. The zero-order valence-corrected chi connectivity index (χ0v) is 32.3. The Kier molecular flexibility index (Phi) is 12.2. The van der Waals surface area contributed by atoms with Crippen LogP contribution in [-0.2, 0) is 25.9 Å². The van der Waals surface area contributed by atoms with E-state index in [9.17, 15) is 0 Å². The number of pyridine rings is 1. The summed E-state index contributed by atoms with van der Waals surface area (Å²) in [6.07, 6.45) is 8.06. The predicted octanol–water partition coefficient (Wildman–Crippen LogP) is 11.3. The van der Waals surface area contributed by atoms with Gasteiger partial charge in [0.2, 0.25) is 0 Å². The van der Waals surface area contributed by atoms with E-state index < -0.39 is 0 Å². The highest BCUT2D eigenvalue weighted by Crippen LogP contribution is 2.33. The van der Waals surface area contributed by atoms with Crippen LogP contribution in [0.25, 0.3) is 22.4 Å². The van der Waals surface area contributed by atoms with Gasteiger partial charge in [-0.15, -0.1) is 24.8 Å². The summed E-state index contributed by atoms with van der Waals surface area (Å²) >= 11 is 0. The molecule has 262 valence electrons. The number of piperidine rings is 1. The summed E-state index contributed by atoms with van der Waals surface area (Å²) in [7, 11) is 0. The van der Waals surface area contributed by atoms with E-state index in [4.69, 9.17) is 4.98 Å². The number of aryl methyl sites for hydroxylation is 6. The fourth-order valence-corrected chi connectivity index (χ4v) is 7.98. The average molecular weight is 707 g/mol. The van der Waals surface area contributed by atoms with Crippen molar-refractivity contribution in [3.05, 3.63) is 141 Å². The van der Waals surface area contributed by atoms with Gasteiger partial charge in [0.25, 0.3) is 0 Å². The maximum Gasteiger partial charge on any atom is 0.0705 e. The minimum Gasteiger partial charge on any atom is -0.364 e. The third kappa shape index (κ3) is 8.12. The Morgan fingerprint density at radius 3 is 1.96 bits per heavy atom. The molecule has 5 aromatic rings. The molecule has 0 saturated carbocycles. The molecule has 0 spiro atoms. The van der Waals surface area contributed by atoms with Crippen LogP contribution in [0.3, 0.4) is 0 Å². The Labute approximate surface area is 313 Å². The molecule has 7 rings (SSSR count). The van der Waals surface area contributed by atoms with Gasteiger partial charge >= 0.3 is 0 Å². The first-order valence-electron chi connectivity index (χ1n) is 18.0. The van der Waals surface area contributed by atoms with Gasteiger partial charge in [-0.25, -0.2) is 0 Å². The second-order valence-corrected chi connectivity index (χ2v) is 14.7. The van der Waals surface area contributed by atoms with Crippen LogP contribution in [0.4, 0.5) is 5.69 Å². The van der Waals surface area contributed by atoms with Crippen LogP contribution in [0, 0.1) is 41.5 Å². The van der Waals surface area contributed by atoms with Crippen LogP contribution in [-0.4, -0.2) is 29.0 Å². The molecule has 1 saturated heterocycles. The summed E-state index contributed by atoms with van der Waals surface area (Å²) in [5, 5.41) is 0. The largest absolute Gasteiger partial charge is 0.364 e. The molecule has 2 aliphatic rings. The van der Waals surface area contributed by atoms with Gasteiger partial charge in [0.1, 0.15) is 0 Å². The Morgan fingerprint density at radius 1 is 0.640 bits per heavy atom. The van der Waals surface area contributed by atoms with Crippen LogP contribution in [0.5, 0.6) is 0 Å². The lowest BCUT2D eigenvalue weighted by Crippen LogP contribution is -2.44. The Morgan fingerprint density at radius 2 is 1.28 bits per heavy atom. The van der Waals surface area contributed by atoms with Crippen LogP contribution < -0.4 is 4.90 Å². The lowest BCUT2D eigenvalue weighted by Gasteiger charge is -2.40. The van der Waals surface area contributed by atoms with E-state index in [1.807, 2.05) is 6.20 Å². The van der Waals surface area contributed by atoms with E-state index in [-0.39, 0.29) is 24.8 Å². The van der Waals surface area contributed by atoms with E-state index in [1.165, 1.54) is 99.0 Å². The maximum atomic E-state index is 4.76. The summed E-state index contributed by atoms with van der Waals surface area (Å²) in [4.78, 5) is 10.1. The second-order valence-electron chi connectivity index (χ2n) is 14.7. The quantitative estimate of drug-likeness (QED) is 0.160. The van der Waals surface area contributed by atoms with Crippen molar-refractivity contribution in [2.24, 2.45) is 0 Å². The van der Waals surface area contributed by atoms with Gasteiger partial charge in [-0.05, 0) is 183 Å². The van der Waals surface area contributed by atoms with Gasteiger partial charge < -0.3 is 4.90 Å². The number of rotatable bonds is 8. The van der Waals surface area contributed by atoms with E-state index in [1.54, 1.807) is 11.1 Å². The number of hydrogen-bond donors (Lipinski definition) is 0. The van der Waals surface area contributed by atoms with E-state index >= 15 is 0 Å². The molecule has 0 atom stereocenters. The SMILES string of the molecule is Cc1cc(-c2cccc(CN(c3ccc4c(c3)CCC4)C3CCN(Cc4ccnc(-c5cc(C)c(C)c(C)c5)c4)CC3)c2)cc(C)c1C.Cl.Cl. The van der Waals surface area contributed by atoms with Crippen molar-refractivity contribution in [1.82, 2.24) is 9.88 Å². The highest BCUT2D eigenvalue weighted by Gasteiger charge is 2.26. The molecule has 3 nitrogen and oxygen atoms in total. The molecule has 0 bridgehead atoms. The van der Waals surface area contributed by atoms with Crippen molar-refractivity contribution in [3.8, 4) is 22.4 Å². The van der Waals surface area contributed by atoms with Crippen LogP contribution >= 0.6 is 24.8 Å². The number of fused-ring (bicyclic) bond motifs is 1. The van der Waals surface area contributed by atoms with Crippen molar-refractivity contribution in [2.45, 2.75) is 92.8 Å². The monoisotopic (exact) mass is 705 g/mol. The lowest BCUT2D eigenvalue weighted by atomic mass is 9.95. The van der Waals surface area contributed by atoms with Gasteiger partial charge in [-0.3, -0.25) is 9.88 Å². The molecule has 0 N–H and O–H groups in total. The first-order chi connectivity index (χ1) is 23.2. The van der Waals surface area contributed by atoms with Crippen LogP contribution in [0.1, 0.15) is 74.9 Å². The zero-order chi connectivity index (χ0) is 33.4. The van der Waals surface area contributed by atoms with E-state index in [0.717, 1.165) is 31.9 Å². The second kappa shape index (κ2) is 16.1. The molecule has 1 aromatic heterocycles. The maximum absolute atomic E-state index is 4.76. The standard InChI is InChI=1S/C45H51N3.2ClH/c1-30-21-41(22-31(2)34(30)5)39-11-7-9-36(25-39)29-48(44-14-13-38-10-8-12-40(38)27-44)43-16-19-47(20-17-43)28-37-15-18-46-45(26-37)42-23-32(3)35(6)33(4)24-42;;/h7,9,11,13-15,18,21-27,43H,8,10,12,16-17,19-20,28-29H2,1-6H3;2*1H. The smallest absolute Gasteiger partial charge is 0.0705 e. The first-order valence-corrected chi connectivity index (χ1v) is 18.0. The number of benzene rings is 4. The summed E-state index contributed by atoms with van der Waals surface area (Å²) in [6, 6.07) is 30.9. The fourth-order valence-electron chi connectivity index (χ4n) is 7.98. The Hall–Kier alpha value is -3.63. The average Bonchev–Trinajstić information content (AvgIpc) is 3.57. The van der Waals surface area contributed by atoms with Crippen molar-refractivity contribution in [3.63, 3.8) is 0 Å². The molecular weight excluding hydrogens is 653 g/mol. The van der Waals surface area contributed by atoms with Gasteiger partial charge in [0, 0.05) is 49.7 Å². The summed E-state index contributed by atoms with van der Waals surface area (Å²) in [5.74, 6) is 0. The van der Waals surface area contributed by atoms with Gasteiger partial charge in [-0.1, -0.05) is 36.4 Å². The normalized spacial score (nSPS) is 14.5. The van der Waals surface area contributed by atoms with Crippen molar-refractivity contribution in [2.75, 3.05) is 18.0 Å². The number of anilines is 1. The van der Waals surface area contributed by atoms with Crippen molar-refractivity contribution in [1.29, 1.82) is 0 Å². The van der Waals surface area contributed by atoms with Crippen LogP contribution in [0.2, 0.25) is 0 Å². The topological polar surface area (TPSA) is 19.4 Å². The van der Waals surface area contributed by atoms with E-state index in [0.29, 0.717) is 6.04 Å². The predicted molar refractivity (Wildman–Crippen MR) is 217 cm³/mol. The first kappa shape index (κ1) is 37.6. The number of hydrogen-bond acceptors (Lipinski definition) is 3. The minimum atomic E-state index is 0. The molecule has 0 amide bonds. The molecular formula is C45H53Cl2N3. The summed E-state index contributed by atoms with van der Waals surface area (Å²) < 4.78 is 0. The Balaban J connectivity index is 0.00000243. The third-order valence-electron chi connectivity index (χ3n) is 11.4. The number of halogens is 2. The molecule has 50 heavy (non-hydrogen) atoms. The molecule has 1 fully saturated rings. The molecule has 0 radical (unpaired) electrons. The highest BCUT2D eigenvalue weighted by molar-refractivity contribution is 5.85. The minimum absolute atomic E-state index is 0. The van der Waals surface area contributed by atoms with Gasteiger partial charge in [0.15, 0.2) is 0 Å². The molecule has 5 heteroatoms. The van der Waals surface area contributed by atoms with Crippen molar-refractivity contribution < 1.29 is 0 Å². The summed E-state index contributed by atoms with van der Waals surface area (Å²) in [5.41, 5.74) is 20.3. The fraction of sp³-hybridized carbons (Fsp3) is 0.356. The third-order valence-corrected chi connectivity index (χ3v) is 11.4. The van der Waals surface area contributed by atoms with Crippen LogP contribution in [0.15, 0.2) is 85.1 Å². The Bertz CT molecular complexity index is 1910. The molecule has 4 aromatic carbocycles. The van der Waals surface area contributed by atoms with E-state index in [2.05, 4.69) is 130 Å². The highest BCUT2D eigenvalue weighted by atomic mass is 35.5. The lowest BCUT2D eigenvalue weighted by molar-refractivity contribution is 0.201. The molecule has 1 aliphatic carbocycles. The number of aromatic nitrogens is 1. The van der Waals surface area contributed by atoms with Crippen molar-refractivity contribution >= 4 is 30.5 Å². The summed E-state index contributed by atoms with van der Waals surface area (Å²) in [6.45, 7) is 17.4. The van der Waals surface area contributed by atoms with Gasteiger partial charge in [0.05, 0.1) is 5.69 Å². The van der Waals surface area contributed by atoms with Gasteiger partial charge in [-0.2, -0.15) is 0 Å². The molecule has 1 aliphatic heterocycles. The number of likely N-dealkylation sites (tertiary alicyclic amines) is 1. The molecule has 0 unspecified atom stereocenters. The number of nitrogens with zero attached hydrogens (tertiary/aromatic N) is 3. The molecule has 2 heterocycles.